The summed E-state index contributed by atoms with van der Waals surface area (Å²) in [7, 11) is 1.40. The average molecular weight is 601 g/mol. The van der Waals surface area contributed by atoms with Crippen molar-refractivity contribution in [3.8, 4) is 17.1 Å². The van der Waals surface area contributed by atoms with Crippen LogP contribution in [0.15, 0.2) is 109 Å². The first-order valence-corrected chi connectivity index (χ1v) is 15.6. The molecule has 1 atom stereocenters. The molecule has 0 aliphatic carbocycles. The molecule has 45 heavy (non-hydrogen) atoms. The van der Waals surface area contributed by atoms with E-state index in [0.29, 0.717) is 18.0 Å². The number of benzene rings is 4. The van der Waals surface area contributed by atoms with Gasteiger partial charge in [-0.1, -0.05) is 97.1 Å². The van der Waals surface area contributed by atoms with Crippen LogP contribution in [0.1, 0.15) is 58.3 Å². The van der Waals surface area contributed by atoms with Crippen LogP contribution in [-0.4, -0.2) is 40.3 Å². The van der Waals surface area contributed by atoms with E-state index in [1.54, 1.807) is 0 Å². The lowest BCUT2D eigenvalue weighted by Gasteiger charge is -2.15. The van der Waals surface area contributed by atoms with E-state index in [9.17, 15) is 4.79 Å². The molecule has 5 aromatic rings. The Morgan fingerprint density at radius 3 is 2.29 bits per heavy atom. The van der Waals surface area contributed by atoms with Crippen LogP contribution < -0.4 is 4.74 Å². The van der Waals surface area contributed by atoms with Crippen molar-refractivity contribution in [2.45, 2.75) is 44.9 Å². The largest absolute Gasteiger partial charge is 0.493 e. The number of tetrazole rings is 1. The van der Waals surface area contributed by atoms with Gasteiger partial charge in [0.2, 0.25) is 0 Å². The number of nitrogens with one attached hydrogen (secondary N) is 1. The van der Waals surface area contributed by atoms with E-state index in [0.717, 1.165) is 61.8 Å². The van der Waals surface area contributed by atoms with Gasteiger partial charge in [-0.15, -0.1) is 5.10 Å². The third-order valence-corrected chi connectivity index (χ3v) is 7.93. The fourth-order valence-corrected chi connectivity index (χ4v) is 5.35. The van der Waals surface area contributed by atoms with Gasteiger partial charge in [0.25, 0.3) is 0 Å². The standard InChI is InChI=1S/C38H40N4O3/c1-44-38(43)35-25-20-32(21-26-35)28-31(16-15-30-17-23-34(24-18-30)37-39-41-42-40-37)19-22-33-13-7-8-14-36(33)45-27-9-3-6-12-29-10-4-2-5-11-29/h2,4-5,7-8,10-11,13-14,17-26,31H,3,6,9,12,15-16,27-28H2,1H3,(H,39,40,41,42)/b22-19+. The zero-order valence-corrected chi connectivity index (χ0v) is 25.8. The number of aromatic nitrogens is 4. The summed E-state index contributed by atoms with van der Waals surface area (Å²) in [6.45, 7) is 0.704. The van der Waals surface area contributed by atoms with Gasteiger partial charge >= 0.3 is 5.97 Å². The van der Waals surface area contributed by atoms with Crippen LogP contribution in [-0.2, 0) is 24.0 Å². The van der Waals surface area contributed by atoms with Gasteiger partial charge < -0.3 is 9.47 Å². The molecule has 0 spiro atoms. The number of methoxy groups -OCH3 is 1. The molecule has 1 unspecified atom stereocenters. The summed E-state index contributed by atoms with van der Waals surface area (Å²) in [5.41, 5.74) is 6.41. The smallest absolute Gasteiger partial charge is 0.337 e. The Labute approximate surface area is 265 Å². The summed E-state index contributed by atoms with van der Waals surface area (Å²) in [6, 6.07) is 35.0. The van der Waals surface area contributed by atoms with Crippen LogP contribution in [0.3, 0.4) is 0 Å². The molecule has 4 aromatic carbocycles. The number of rotatable bonds is 16. The monoisotopic (exact) mass is 600 g/mol. The molecule has 1 N–H and O–H groups in total. The lowest BCUT2D eigenvalue weighted by molar-refractivity contribution is 0.0600. The number of aryl methyl sites for hydroxylation is 2. The van der Waals surface area contributed by atoms with E-state index in [-0.39, 0.29) is 11.9 Å². The number of aromatic amines is 1. The molecule has 0 aliphatic heterocycles. The maximum Gasteiger partial charge on any atom is 0.337 e. The number of para-hydroxylation sites is 1. The number of hydrogen-bond acceptors (Lipinski definition) is 6. The predicted molar refractivity (Wildman–Crippen MR) is 178 cm³/mol. The molecule has 0 bridgehead atoms. The molecular weight excluding hydrogens is 560 g/mol. The summed E-state index contributed by atoms with van der Waals surface area (Å²) >= 11 is 0. The number of ether oxygens (including phenoxy) is 2. The lowest BCUT2D eigenvalue weighted by Crippen LogP contribution is -2.05. The van der Waals surface area contributed by atoms with Gasteiger partial charge in [-0.2, -0.15) is 0 Å². The summed E-state index contributed by atoms with van der Waals surface area (Å²) < 4.78 is 11.1. The highest BCUT2D eigenvalue weighted by atomic mass is 16.5. The summed E-state index contributed by atoms with van der Waals surface area (Å²) in [4.78, 5) is 11.9. The molecule has 230 valence electrons. The lowest BCUT2D eigenvalue weighted by atomic mass is 9.91. The van der Waals surface area contributed by atoms with Gasteiger partial charge in [0.05, 0.1) is 19.3 Å². The highest BCUT2D eigenvalue weighted by Crippen LogP contribution is 2.24. The minimum Gasteiger partial charge on any atom is -0.493 e. The van der Waals surface area contributed by atoms with Crippen molar-refractivity contribution in [2.75, 3.05) is 13.7 Å². The normalized spacial score (nSPS) is 11.8. The number of unbranched alkanes of at least 4 members (excludes halogenated alkanes) is 2. The average Bonchev–Trinajstić information content (AvgIpc) is 3.64. The van der Waals surface area contributed by atoms with E-state index in [1.165, 1.54) is 23.8 Å². The van der Waals surface area contributed by atoms with Crippen molar-refractivity contribution < 1.29 is 14.3 Å². The fraction of sp³-hybridized carbons (Fsp3) is 0.263. The molecule has 0 saturated carbocycles. The van der Waals surface area contributed by atoms with E-state index in [2.05, 4.69) is 93.4 Å². The van der Waals surface area contributed by atoms with Crippen LogP contribution in [0, 0.1) is 5.92 Å². The Balaban J connectivity index is 1.21. The topological polar surface area (TPSA) is 90.0 Å². The van der Waals surface area contributed by atoms with Crippen molar-refractivity contribution in [3.05, 3.63) is 137 Å². The number of carbonyl (C=O) groups excluding carboxylic acids is 1. The second-order valence-electron chi connectivity index (χ2n) is 11.2. The van der Waals surface area contributed by atoms with Crippen molar-refractivity contribution in [3.63, 3.8) is 0 Å². The highest BCUT2D eigenvalue weighted by Gasteiger charge is 2.11. The van der Waals surface area contributed by atoms with Crippen LogP contribution in [0.5, 0.6) is 5.75 Å². The molecule has 1 heterocycles. The molecule has 0 saturated heterocycles. The van der Waals surface area contributed by atoms with Crippen LogP contribution in [0.2, 0.25) is 0 Å². The third-order valence-electron chi connectivity index (χ3n) is 7.93. The molecule has 0 aliphatic rings. The van der Waals surface area contributed by atoms with Crippen LogP contribution in [0.25, 0.3) is 17.5 Å². The van der Waals surface area contributed by atoms with Crippen molar-refractivity contribution in [1.82, 2.24) is 20.6 Å². The Kier molecular flexibility index (Phi) is 11.7. The summed E-state index contributed by atoms with van der Waals surface area (Å²) in [5.74, 6) is 1.52. The Bertz CT molecular complexity index is 1620. The van der Waals surface area contributed by atoms with Gasteiger partial charge in [0.1, 0.15) is 5.75 Å². The molecule has 0 radical (unpaired) electrons. The molecular formula is C38H40N4O3. The molecule has 0 amide bonds. The van der Waals surface area contributed by atoms with Crippen LogP contribution in [0.4, 0.5) is 0 Å². The fourth-order valence-electron chi connectivity index (χ4n) is 5.35. The SMILES string of the molecule is COC(=O)c1ccc(CC(/C=C/c2ccccc2OCCCCCc2ccccc2)CCc2ccc(-c3nnn[nH]3)cc2)cc1. The minimum atomic E-state index is -0.324. The zero-order chi connectivity index (χ0) is 31.1. The number of H-pyrrole nitrogens is 1. The van der Waals surface area contributed by atoms with Gasteiger partial charge in [-0.3, -0.25) is 0 Å². The van der Waals surface area contributed by atoms with Crippen LogP contribution >= 0.6 is 0 Å². The number of nitrogens with zero attached hydrogens (tertiary/aromatic N) is 3. The molecule has 7 heteroatoms. The Morgan fingerprint density at radius 2 is 1.53 bits per heavy atom. The van der Waals surface area contributed by atoms with Crippen molar-refractivity contribution in [2.24, 2.45) is 5.92 Å². The third kappa shape index (κ3) is 9.73. The maximum atomic E-state index is 11.9. The molecule has 0 fully saturated rings. The number of carbonyl (C=O) groups is 1. The highest BCUT2D eigenvalue weighted by molar-refractivity contribution is 5.89. The van der Waals surface area contributed by atoms with E-state index >= 15 is 0 Å². The van der Waals surface area contributed by atoms with Crippen molar-refractivity contribution >= 4 is 12.0 Å². The minimum absolute atomic E-state index is 0.276. The van der Waals surface area contributed by atoms with E-state index in [1.807, 2.05) is 42.5 Å². The van der Waals surface area contributed by atoms with Gasteiger partial charge in [0.15, 0.2) is 5.82 Å². The van der Waals surface area contributed by atoms with Gasteiger partial charge in [-0.05, 0) is 96.2 Å². The zero-order valence-electron chi connectivity index (χ0n) is 25.8. The van der Waals surface area contributed by atoms with Gasteiger partial charge in [-0.25, -0.2) is 9.89 Å². The predicted octanol–water partition coefficient (Wildman–Crippen LogP) is 7.95. The summed E-state index contributed by atoms with van der Waals surface area (Å²) in [5, 5.41) is 14.1. The molecule has 1 aromatic heterocycles. The second kappa shape index (κ2) is 16.7. The van der Waals surface area contributed by atoms with Gasteiger partial charge in [0, 0.05) is 11.1 Å². The quantitative estimate of drug-likeness (QED) is 0.0913. The van der Waals surface area contributed by atoms with E-state index < -0.39 is 0 Å². The van der Waals surface area contributed by atoms with E-state index in [4.69, 9.17) is 9.47 Å². The first-order chi connectivity index (χ1) is 22.2. The maximum absolute atomic E-state index is 11.9. The number of hydrogen-bond donors (Lipinski definition) is 1. The second-order valence-corrected chi connectivity index (χ2v) is 11.2. The summed E-state index contributed by atoms with van der Waals surface area (Å²) in [6.07, 6.45) is 11.7. The molecule has 7 nitrogen and oxygen atoms in total. The molecule has 5 rings (SSSR count). The van der Waals surface area contributed by atoms with Crippen molar-refractivity contribution in [1.29, 1.82) is 0 Å². The number of allylic oxidation sites excluding steroid dienone is 1. The Morgan fingerprint density at radius 1 is 0.800 bits per heavy atom. The first-order valence-electron chi connectivity index (χ1n) is 15.6. The Hall–Kier alpha value is -5.04. The number of esters is 1. The first kappa shape index (κ1) is 31.4.